The zero-order chi connectivity index (χ0) is 17.2. The van der Waals surface area contributed by atoms with Crippen molar-refractivity contribution in [1.82, 2.24) is 15.5 Å². The molecule has 6 heteroatoms. The molecule has 2 fully saturated rings. The number of nitrogens with one attached hydrogen (secondary N) is 2. The number of hydrogen-bond acceptors (Lipinski definition) is 4. The van der Waals surface area contributed by atoms with Crippen molar-refractivity contribution in [3.8, 4) is 0 Å². The van der Waals surface area contributed by atoms with Crippen molar-refractivity contribution in [2.75, 3.05) is 52.2 Å². The van der Waals surface area contributed by atoms with E-state index in [-0.39, 0.29) is 0 Å². The average Bonchev–Trinajstić information content (AvgIpc) is 2.61. The smallest absolute Gasteiger partial charge is 0.191 e. The molecule has 0 amide bonds. The molecule has 3 unspecified atom stereocenters. The van der Waals surface area contributed by atoms with Crippen molar-refractivity contribution < 1.29 is 4.74 Å². The first-order valence-electron chi connectivity index (χ1n) is 9.59. The van der Waals surface area contributed by atoms with Crippen LogP contribution in [0.15, 0.2) is 4.99 Å². The molecule has 0 aromatic carbocycles. The molecule has 0 radical (unpaired) electrons. The number of aliphatic imine (C=N–C) groups is 1. The lowest BCUT2D eigenvalue weighted by Gasteiger charge is -2.30. The second-order valence-corrected chi connectivity index (χ2v) is 8.24. The summed E-state index contributed by atoms with van der Waals surface area (Å²) >= 11 is 2.01. The number of ether oxygens (including phenoxy) is 1. The van der Waals surface area contributed by atoms with Crippen LogP contribution >= 0.6 is 11.8 Å². The normalized spacial score (nSPS) is 27.7. The van der Waals surface area contributed by atoms with Crippen LogP contribution in [0.1, 0.15) is 39.5 Å². The second kappa shape index (κ2) is 11.2. The lowest BCUT2D eigenvalue weighted by atomic mass is 9.95. The number of nitrogens with zero attached hydrogens (tertiary/aromatic N) is 2. The monoisotopic (exact) mass is 356 g/mol. The van der Waals surface area contributed by atoms with Crippen molar-refractivity contribution in [3.63, 3.8) is 0 Å². The zero-order valence-corrected chi connectivity index (χ0v) is 16.5. The fourth-order valence-corrected chi connectivity index (χ4v) is 4.36. The molecule has 1 aliphatic heterocycles. The van der Waals surface area contributed by atoms with Gasteiger partial charge in [0.1, 0.15) is 0 Å². The molecule has 3 atom stereocenters. The molecule has 2 aliphatic rings. The number of rotatable bonds is 7. The predicted octanol–water partition coefficient (Wildman–Crippen LogP) is 2.18. The van der Waals surface area contributed by atoms with Crippen LogP contribution in [0, 0.1) is 5.92 Å². The Labute approximate surface area is 152 Å². The molecule has 2 rings (SSSR count). The minimum atomic E-state index is 0.573. The van der Waals surface area contributed by atoms with Gasteiger partial charge in [-0.05, 0) is 38.4 Å². The second-order valence-electron chi connectivity index (χ2n) is 7.10. The quantitative estimate of drug-likeness (QED) is 0.541. The van der Waals surface area contributed by atoms with E-state index in [2.05, 4.69) is 35.6 Å². The minimum Gasteiger partial charge on any atom is -0.379 e. The summed E-state index contributed by atoms with van der Waals surface area (Å²) in [5, 5.41) is 7.90. The molecule has 24 heavy (non-hydrogen) atoms. The standard InChI is InChI=1S/C18H36N4OS/c1-4-19-18(21-16-6-5-7-17(12-16)24-3)20-13-15(2)14-22-8-10-23-11-9-22/h15-17H,4-14H2,1-3H3,(H2,19,20,21). The maximum atomic E-state index is 5.42. The molecule has 0 aromatic heterocycles. The molecule has 0 bridgehead atoms. The van der Waals surface area contributed by atoms with Gasteiger partial charge < -0.3 is 15.4 Å². The summed E-state index contributed by atoms with van der Waals surface area (Å²) in [6.45, 7) is 11.2. The van der Waals surface area contributed by atoms with E-state index >= 15 is 0 Å². The SMILES string of the molecule is CCNC(=NCC(C)CN1CCOCC1)NC1CCCC(SC)C1. The Morgan fingerprint density at radius 3 is 2.83 bits per heavy atom. The van der Waals surface area contributed by atoms with E-state index in [1.807, 2.05) is 11.8 Å². The van der Waals surface area contributed by atoms with E-state index in [0.717, 1.165) is 57.1 Å². The van der Waals surface area contributed by atoms with Crippen molar-refractivity contribution in [1.29, 1.82) is 0 Å². The van der Waals surface area contributed by atoms with Gasteiger partial charge in [0.2, 0.25) is 0 Å². The molecular weight excluding hydrogens is 320 g/mol. The fourth-order valence-electron chi connectivity index (χ4n) is 3.53. The Bertz CT molecular complexity index is 374. The van der Waals surface area contributed by atoms with Crippen LogP contribution in [0.2, 0.25) is 0 Å². The summed E-state index contributed by atoms with van der Waals surface area (Å²) in [5.41, 5.74) is 0. The first-order chi connectivity index (χ1) is 11.7. The highest BCUT2D eigenvalue weighted by Crippen LogP contribution is 2.26. The summed E-state index contributed by atoms with van der Waals surface area (Å²) in [6.07, 6.45) is 7.46. The van der Waals surface area contributed by atoms with Gasteiger partial charge in [0.05, 0.1) is 13.2 Å². The summed E-state index contributed by atoms with van der Waals surface area (Å²) in [6, 6.07) is 0.573. The Balaban J connectivity index is 1.78. The lowest BCUT2D eigenvalue weighted by Crippen LogP contribution is -2.46. The Morgan fingerprint density at radius 2 is 2.12 bits per heavy atom. The molecule has 0 spiro atoms. The lowest BCUT2D eigenvalue weighted by molar-refractivity contribution is 0.0323. The molecule has 1 saturated carbocycles. The van der Waals surface area contributed by atoms with Crippen LogP contribution in [-0.2, 0) is 4.74 Å². The van der Waals surface area contributed by atoms with Gasteiger partial charge in [-0.1, -0.05) is 13.3 Å². The summed E-state index contributed by atoms with van der Waals surface area (Å²) in [7, 11) is 0. The Hall–Kier alpha value is -0.460. The Morgan fingerprint density at radius 1 is 1.33 bits per heavy atom. The van der Waals surface area contributed by atoms with Crippen LogP contribution in [0.4, 0.5) is 0 Å². The topological polar surface area (TPSA) is 48.9 Å². The van der Waals surface area contributed by atoms with Crippen molar-refractivity contribution in [2.45, 2.75) is 50.8 Å². The first-order valence-corrected chi connectivity index (χ1v) is 10.9. The molecule has 1 aliphatic carbocycles. The van der Waals surface area contributed by atoms with Gasteiger partial charge in [-0.15, -0.1) is 0 Å². The summed E-state index contributed by atoms with van der Waals surface area (Å²) in [5.74, 6) is 1.57. The number of morpholine rings is 1. The third-order valence-corrected chi connectivity index (χ3v) is 5.97. The van der Waals surface area contributed by atoms with Crippen LogP contribution in [-0.4, -0.2) is 74.3 Å². The van der Waals surface area contributed by atoms with Crippen molar-refractivity contribution in [3.05, 3.63) is 0 Å². The Kier molecular flexibility index (Phi) is 9.28. The highest BCUT2D eigenvalue weighted by molar-refractivity contribution is 7.99. The number of guanidine groups is 1. The van der Waals surface area contributed by atoms with Crippen LogP contribution < -0.4 is 10.6 Å². The molecule has 2 N–H and O–H groups in total. The third-order valence-electron chi connectivity index (χ3n) is 4.88. The van der Waals surface area contributed by atoms with E-state index < -0.39 is 0 Å². The van der Waals surface area contributed by atoms with E-state index in [1.165, 1.54) is 25.7 Å². The van der Waals surface area contributed by atoms with Gasteiger partial charge in [0, 0.05) is 44.0 Å². The van der Waals surface area contributed by atoms with Crippen molar-refractivity contribution in [2.24, 2.45) is 10.9 Å². The highest BCUT2D eigenvalue weighted by Gasteiger charge is 2.22. The largest absolute Gasteiger partial charge is 0.379 e. The maximum Gasteiger partial charge on any atom is 0.191 e. The summed E-state index contributed by atoms with van der Waals surface area (Å²) < 4.78 is 5.42. The van der Waals surface area contributed by atoms with Crippen LogP contribution in [0.3, 0.4) is 0 Å². The van der Waals surface area contributed by atoms with Gasteiger partial charge in [-0.25, -0.2) is 0 Å². The predicted molar refractivity (Wildman–Crippen MR) is 105 cm³/mol. The van der Waals surface area contributed by atoms with Gasteiger partial charge in [-0.3, -0.25) is 9.89 Å². The molecule has 1 saturated heterocycles. The van der Waals surface area contributed by atoms with Crippen LogP contribution in [0.5, 0.6) is 0 Å². The van der Waals surface area contributed by atoms with Gasteiger partial charge >= 0.3 is 0 Å². The van der Waals surface area contributed by atoms with E-state index in [9.17, 15) is 0 Å². The molecule has 140 valence electrons. The van der Waals surface area contributed by atoms with Gasteiger partial charge in [0.15, 0.2) is 5.96 Å². The molecular formula is C18H36N4OS. The van der Waals surface area contributed by atoms with Crippen molar-refractivity contribution >= 4 is 17.7 Å². The molecule has 5 nitrogen and oxygen atoms in total. The third kappa shape index (κ3) is 7.19. The van der Waals surface area contributed by atoms with E-state index in [1.54, 1.807) is 0 Å². The van der Waals surface area contributed by atoms with Gasteiger partial charge in [0.25, 0.3) is 0 Å². The molecule has 1 heterocycles. The maximum absolute atomic E-state index is 5.42. The van der Waals surface area contributed by atoms with Gasteiger partial charge in [-0.2, -0.15) is 11.8 Å². The van der Waals surface area contributed by atoms with E-state index in [0.29, 0.717) is 12.0 Å². The zero-order valence-electron chi connectivity index (χ0n) is 15.7. The number of thioether (sulfide) groups is 1. The highest BCUT2D eigenvalue weighted by atomic mass is 32.2. The fraction of sp³-hybridized carbons (Fsp3) is 0.944. The van der Waals surface area contributed by atoms with E-state index in [4.69, 9.17) is 9.73 Å². The number of hydrogen-bond donors (Lipinski definition) is 2. The first kappa shape index (κ1) is 19.9. The average molecular weight is 357 g/mol. The van der Waals surface area contributed by atoms with Crippen LogP contribution in [0.25, 0.3) is 0 Å². The summed E-state index contributed by atoms with van der Waals surface area (Å²) in [4.78, 5) is 7.35. The molecule has 0 aromatic rings. The minimum absolute atomic E-state index is 0.573.